The van der Waals surface area contributed by atoms with E-state index in [-0.39, 0.29) is 0 Å². The molecule has 1 aromatic heterocycles. The summed E-state index contributed by atoms with van der Waals surface area (Å²) in [5.74, 6) is 2.55. The van der Waals surface area contributed by atoms with Crippen LogP contribution in [0.1, 0.15) is 5.56 Å². The van der Waals surface area contributed by atoms with Gasteiger partial charge in [0.1, 0.15) is 6.20 Å². The van der Waals surface area contributed by atoms with Crippen LogP contribution in [0, 0.1) is 18.5 Å². The molecule has 0 aliphatic rings. The van der Waals surface area contributed by atoms with E-state index in [0.29, 0.717) is 0 Å². The lowest BCUT2D eigenvalue weighted by Crippen LogP contribution is -1.73. The van der Waals surface area contributed by atoms with Crippen LogP contribution in [0.3, 0.4) is 0 Å². The summed E-state index contributed by atoms with van der Waals surface area (Å²) in [6, 6.07) is 5.64. The highest BCUT2D eigenvalue weighted by Crippen LogP contribution is 2.10. The number of hydrogen-bond donors (Lipinski definition) is 1. The second kappa shape index (κ2) is 2.14. The number of benzene rings is 1. The Hall–Kier alpha value is -1.75. The van der Waals surface area contributed by atoms with E-state index in [2.05, 4.69) is 22.3 Å². The lowest BCUT2D eigenvalue weighted by molar-refractivity contribution is 1.11. The van der Waals surface area contributed by atoms with Crippen LogP contribution in [0.5, 0.6) is 0 Å². The molecule has 1 heterocycles. The number of fused-ring (bicyclic) bond motifs is 1. The van der Waals surface area contributed by atoms with Gasteiger partial charge in [0.15, 0.2) is 0 Å². The highest BCUT2D eigenvalue weighted by Gasteiger charge is 1.94. The SMILES string of the molecule is C#Cc1ccc2[c]n[nH]c2c1. The maximum atomic E-state index is 5.22. The van der Waals surface area contributed by atoms with Crippen molar-refractivity contribution in [2.24, 2.45) is 0 Å². The van der Waals surface area contributed by atoms with Crippen LogP contribution < -0.4 is 0 Å². The quantitative estimate of drug-likeness (QED) is 0.551. The molecule has 0 spiro atoms. The highest BCUT2D eigenvalue weighted by molar-refractivity contribution is 5.78. The molecule has 2 aromatic rings. The minimum absolute atomic E-state index is 0.857. The fourth-order valence-electron chi connectivity index (χ4n) is 0.972. The number of rotatable bonds is 0. The van der Waals surface area contributed by atoms with Crippen molar-refractivity contribution in [2.45, 2.75) is 0 Å². The molecule has 1 N–H and O–H groups in total. The van der Waals surface area contributed by atoms with Gasteiger partial charge in [-0.2, -0.15) is 5.10 Å². The number of nitrogens with one attached hydrogen (secondary N) is 1. The largest absolute Gasteiger partial charge is 0.277 e. The van der Waals surface area contributed by atoms with Gasteiger partial charge in [0, 0.05) is 10.9 Å². The van der Waals surface area contributed by atoms with Crippen LogP contribution in [0.2, 0.25) is 0 Å². The van der Waals surface area contributed by atoms with E-state index in [1.54, 1.807) is 0 Å². The van der Waals surface area contributed by atoms with Crippen molar-refractivity contribution in [2.75, 3.05) is 0 Å². The van der Waals surface area contributed by atoms with Gasteiger partial charge in [0.05, 0.1) is 5.52 Å². The summed E-state index contributed by atoms with van der Waals surface area (Å²) >= 11 is 0. The van der Waals surface area contributed by atoms with Gasteiger partial charge >= 0.3 is 0 Å². The first kappa shape index (κ1) is 5.99. The molecule has 0 saturated carbocycles. The molecule has 0 aliphatic heterocycles. The predicted octanol–water partition coefficient (Wildman–Crippen LogP) is 1.34. The van der Waals surface area contributed by atoms with Crippen LogP contribution in [0.4, 0.5) is 0 Å². The van der Waals surface area contributed by atoms with Gasteiger partial charge in [-0.05, 0) is 18.2 Å². The summed E-state index contributed by atoms with van der Waals surface area (Å²) in [5, 5.41) is 7.51. The molecule has 11 heavy (non-hydrogen) atoms. The van der Waals surface area contributed by atoms with Crippen LogP contribution in [0.25, 0.3) is 10.9 Å². The Morgan fingerprint density at radius 1 is 1.55 bits per heavy atom. The normalized spacial score (nSPS) is 9.73. The van der Waals surface area contributed by atoms with Gasteiger partial charge in [-0.25, -0.2) is 0 Å². The summed E-state index contributed by atoms with van der Waals surface area (Å²) in [6.07, 6.45) is 8.01. The Bertz CT molecular complexity index is 420. The second-order valence-corrected chi connectivity index (χ2v) is 2.24. The molecule has 2 heteroatoms. The molecule has 51 valence electrons. The van der Waals surface area contributed by atoms with Crippen LogP contribution in [-0.2, 0) is 0 Å². The Morgan fingerprint density at radius 2 is 2.45 bits per heavy atom. The van der Waals surface area contributed by atoms with Crippen molar-refractivity contribution >= 4 is 10.9 Å². The first-order valence-corrected chi connectivity index (χ1v) is 3.22. The van der Waals surface area contributed by atoms with Crippen LogP contribution in [-0.4, -0.2) is 10.2 Å². The molecular formula is C9H5N2. The number of terminal acetylenes is 1. The van der Waals surface area contributed by atoms with Gasteiger partial charge in [0.25, 0.3) is 0 Å². The molecule has 1 radical (unpaired) electrons. The molecule has 0 unspecified atom stereocenters. The van der Waals surface area contributed by atoms with Crippen molar-refractivity contribution in [1.29, 1.82) is 0 Å². The molecular weight excluding hydrogens is 136 g/mol. The van der Waals surface area contributed by atoms with Gasteiger partial charge in [-0.3, -0.25) is 5.10 Å². The first-order chi connectivity index (χ1) is 5.40. The summed E-state index contributed by atoms with van der Waals surface area (Å²) in [6.45, 7) is 0. The molecule has 0 fully saturated rings. The van der Waals surface area contributed by atoms with E-state index in [9.17, 15) is 0 Å². The number of nitrogens with zero attached hydrogens (tertiary/aromatic N) is 1. The zero-order chi connectivity index (χ0) is 7.68. The van der Waals surface area contributed by atoms with Gasteiger partial charge < -0.3 is 0 Å². The van der Waals surface area contributed by atoms with Crippen molar-refractivity contribution in [3.05, 3.63) is 30.0 Å². The zero-order valence-electron chi connectivity index (χ0n) is 5.76. The van der Waals surface area contributed by atoms with E-state index < -0.39 is 0 Å². The molecule has 2 nitrogen and oxygen atoms in total. The average molecular weight is 141 g/mol. The number of aromatic amines is 1. The lowest BCUT2D eigenvalue weighted by atomic mass is 10.2. The Balaban J connectivity index is 2.79. The summed E-state index contributed by atoms with van der Waals surface area (Å²) in [5.41, 5.74) is 1.79. The number of H-pyrrole nitrogens is 1. The monoisotopic (exact) mass is 141 g/mol. The van der Waals surface area contributed by atoms with Crippen LogP contribution >= 0.6 is 0 Å². The van der Waals surface area contributed by atoms with E-state index in [1.165, 1.54) is 0 Å². The Morgan fingerprint density at radius 3 is 3.27 bits per heavy atom. The standard InChI is InChI=1S/C9H5N2/c1-2-7-3-4-8-6-10-11-9(8)5-7/h1,3-5H,(H,10,11). The maximum absolute atomic E-state index is 5.22. The summed E-state index contributed by atoms with van der Waals surface area (Å²) in [7, 11) is 0. The van der Waals surface area contributed by atoms with E-state index >= 15 is 0 Å². The molecule has 0 saturated heterocycles. The fraction of sp³-hybridized carbons (Fsp3) is 0. The average Bonchev–Trinajstić information content (AvgIpc) is 2.50. The topological polar surface area (TPSA) is 28.7 Å². The molecule has 0 aliphatic carbocycles. The first-order valence-electron chi connectivity index (χ1n) is 3.22. The lowest BCUT2D eigenvalue weighted by Gasteiger charge is -1.88. The Kier molecular flexibility index (Phi) is 1.16. The second-order valence-electron chi connectivity index (χ2n) is 2.24. The van der Waals surface area contributed by atoms with Crippen molar-refractivity contribution in [3.63, 3.8) is 0 Å². The molecule has 0 bridgehead atoms. The third-order valence-corrected chi connectivity index (χ3v) is 1.54. The third kappa shape index (κ3) is 0.870. The Labute approximate surface area is 64.2 Å². The summed E-state index contributed by atoms with van der Waals surface area (Å²) < 4.78 is 0. The molecule has 2 rings (SSSR count). The summed E-state index contributed by atoms with van der Waals surface area (Å²) in [4.78, 5) is 0. The van der Waals surface area contributed by atoms with Crippen molar-refractivity contribution < 1.29 is 0 Å². The van der Waals surface area contributed by atoms with Gasteiger partial charge in [-0.1, -0.05) is 5.92 Å². The smallest absolute Gasteiger partial charge is 0.121 e. The highest BCUT2D eigenvalue weighted by atomic mass is 15.1. The fourth-order valence-corrected chi connectivity index (χ4v) is 0.972. The van der Waals surface area contributed by atoms with Gasteiger partial charge in [0.2, 0.25) is 0 Å². The van der Waals surface area contributed by atoms with E-state index in [0.717, 1.165) is 16.5 Å². The number of aromatic nitrogens is 2. The van der Waals surface area contributed by atoms with Gasteiger partial charge in [-0.15, -0.1) is 6.42 Å². The molecule has 0 atom stereocenters. The molecule has 1 aromatic carbocycles. The minimum Gasteiger partial charge on any atom is -0.277 e. The number of hydrogen-bond acceptors (Lipinski definition) is 1. The van der Waals surface area contributed by atoms with Crippen LogP contribution in [0.15, 0.2) is 18.2 Å². The predicted molar refractivity (Wildman–Crippen MR) is 42.9 cm³/mol. The van der Waals surface area contributed by atoms with E-state index in [1.807, 2.05) is 18.2 Å². The minimum atomic E-state index is 0.857. The van der Waals surface area contributed by atoms with Crippen molar-refractivity contribution in [3.8, 4) is 12.3 Å². The molecule has 0 amide bonds. The van der Waals surface area contributed by atoms with Crippen molar-refractivity contribution in [1.82, 2.24) is 10.2 Å². The maximum Gasteiger partial charge on any atom is 0.121 e. The zero-order valence-corrected chi connectivity index (χ0v) is 5.76. The van der Waals surface area contributed by atoms with E-state index in [4.69, 9.17) is 6.42 Å². The third-order valence-electron chi connectivity index (χ3n) is 1.54.